The van der Waals surface area contributed by atoms with E-state index in [1.807, 2.05) is 18.2 Å². The zero-order valence-electron chi connectivity index (χ0n) is 12.5. The Kier molecular flexibility index (Phi) is 6.20. The van der Waals surface area contributed by atoms with Gasteiger partial charge in [-0.15, -0.1) is 0 Å². The van der Waals surface area contributed by atoms with Crippen molar-refractivity contribution in [3.8, 4) is 0 Å². The van der Waals surface area contributed by atoms with Gasteiger partial charge in [-0.2, -0.15) is 0 Å². The van der Waals surface area contributed by atoms with Crippen molar-refractivity contribution in [3.05, 3.63) is 33.8 Å². The van der Waals surface area contributed by atoms with E-state index in [0.29, 0.717) is 12.0 Å². The highest BCUT2D eigenvalue weighted by molar-refractivity contribution is 6.33. The van der Waals surface area contributed by atoms with E-state index in [1.165, 1.54) is 31.2 Å². The van der Waals surface area contributed by atoms with Gasteiger partial charge in [0.05, 0.1) is 0 Å². The van der Waals surface area contributed by atoms with E-state index in [2.05, 4.69) is 19.2 Å². The fraction of sp³-hybridized carbons (Fsp3) is 0.647. The molecule has 0 aromatic heterocycles. The highest BCUT2D eigenvalue weighted by Crippen LogP contribution is 2.39. The molecule has 0 bridgehead atoms. The van der Waals surface area contributed by atoms with Crippen LogP contribution in [0.1, 0.15) is 57.6 Å². The van der Waals surface area contributed by atoms with Crippen LogP contribution in [0.15, 0.2) is 18.2 Å². The highest BCUT2D eigenvalue weighted by atomic mass is 35.5. The molecule has 1 aromatic carbocycles. The van der Waals surface area contributed by atoms with E-state index in [0.717, 1.165) is 28.9 Å². The first kappa shape index (κ1) is 16.1. The molecule has 2 rings (SSSR count). The Hall–Kier alpha value is -0.240. The number of rotatable bonds is 5. The van der Waals surface area contributed by atoms with E-state index in [-0.39, 0.29) is 0 Å². The minimum Gasteiger partial charge on any atom is -0.310 e. The molecule has 0 heterocycles. The second kappa shape index (κ2) is 7.68. The van der Waals surface area contributed by atoms with Crippen molar-refractivity contribution in [1.82, 2.24) is 5.32 Å². The summed E-state index contributed by atoms with van der Waals surface area (Å²) in [5, 5.41) is 5.31. The highest BCUT2D eigenvalue weighted by Gasteiger charge is 2.28. The molecular weight excluding hydrogens is 289 g/mol. The van der Waals surface area contributed by atoms with Gasteiger partial charge in [0, 0.05) is 16.1 Å². The predicted octanol–water partition coefficient (Wildman–Crippen LogP) is 5.86. The SMILES string of the molecule is CCCNC(c1cc(Cl)ccc1Cl)C1CCCC(C)C1. The monoisotopic (exact) mass is 313 g/mol. The zero-order valence-corrected chi connectivity index (χ0v) is 14.0. The summed E-state index contributed by atoms with van der Waals surface area (Å²) in [7, 11) is 0. The first-order chi connectivity index (χ1) is 9.61. The molecule has 1 fully saturated rings. The van der Waals surface area contributed by atoms with Gasteiger partial charge in [0.15, 0.2) is 0 Å². The largest absolute Gasteiger partial charge is 0.310 e. The Morgan fingerprint density at radius 1 is 1.30 bits per heavy atom. The van der Waals surface area contributed by atoms with Gasteiger partial charge in [-0.3, -0.25) is 0 Å². The quantitative estimate of drug-likeness (QED) is 0.717. The standard InChI is InChI=1S/C17H25Cl2N/c1-3-9-20-17(13-6-4-5-12(2)10-13)15-11-14(18)7-8-16(15)19/h7-8,11-13,17,20H,3-6,9-10H2,1-2H3. The van der Waals surface area contributed by atoms with Crippen molar-refractivity contribution in [2.24, 2.45) is 11.8 Å². The summed E-state index contributed by atoms with van der Waals surface area (Å²) in [6.07, 6.45) is 6.39. The maximum Gasteiger partial charge on any atom is 0.0454 e. The maximum absolute atomic E-state index is 6.43. The molecule has 0 spiro atoms. The van der Waals surface area contributed by atoms with Gasteiger partial charge in [-0.1, -0.05) is 49.9 Å². The zero-order chi connectivity index (χ0) is 14.5. The summed E-state index contributed by atoms with van der Waals surface area (Å²) in [6.45, 7) is 5.59. The molecule has 1 aliphatic rings. The lowest BCUT2D eigenvalue weighted by Gasteiger charge is -2.34. The van der Waals surface area contributed by atoms with E-state index in [9.17, 15) is 0 Å². The Balaban J connectivity index is 2.23. The average molecular weight is 314 g/mol. The minimum absolute atomic E-state index is 0.337. The summed E-state index contributed by atoms with van der Waals surface area (Å²) in [5.41, 5.74) is 1.17. The number of halogens is 2. The molecule has 3 atom stereocenters. The number of benzene rings is 1. The second-order valence-electron chi connectivity index (χ2n) is 6.13. The second-order valence-corrected chi connectivity index (χ2v) is 6.97. The Morgan fingerprint density at radius 2 is 2.10 bits per heavy atom. The molecule has 1 N–H and O–H groups in total. The molecular formula is C17H25Cl2N. The third kappa shape index (κ3) is 4.13. The van der Waals surface area contributed by atoms with Crippen molar-refractivity contribution in [1.29, 1.82) is 0 Å². The van der Waals surface area contributed by atoms with Gasteiger partial charge < -0.3 is 5.32 Å². The van der Waals surface area contributed by atoms with Crippen molar-refractivity contribution in [3.63, 3.8) is 0 Å². The van der Waals surface area contributed by atoms with Gasteiger partial charge in [0.2, 0.25) is 0 Å². The predicted molar refractivity (Wildman–Crippen MR) is 88.6 cm³/mol. The van der Waals surface area contributed by atoms with Crippen LogP contribution in [0.2, 0.25) is 10.0 Å². The van der Waals surface area contributed by atoms with E-state index >= 15 is 0 Å². The van der Waals surface area contributed by atoms with Crippen molar-refractivity contribution in [2.45, 2.75) is 52.0 Å². The molecule has 3 unspecified atom stereocenters. The lowest BCUT2D eigenvalue weighted by molar-refractivity contribution is 0.224. The Labute approximate surface area is 133 Å². The van der Waals surface area contributed by atoms with Gasteiger partial charge >= 0.3 is 0 Å². The van der Waals surface area contributed by atoms with Crippen LogP contribution in [-0.4, -0.2) is 6.54 Å². The van der Waals surface area contributed by atoms with Crippen molar-refractivity contribution >= 4 is 23.2 Å². The maximum atomic E-state index is 6.43. The van der Waals surface area contributed by atoms with E-state index < -0.39 is 0 Å². The minimum atomic E-state index is 0.337. The topological polar surface area (TPSA) is 12.0 Å². The van der Waals surface area contributed by atoms with Crippen LogP contribution in [0, 0.1) is 11.8 Å². The van der Waals surface area contributed by atoms with Gasteiger partial charge in [-0.25, -0.2) is 0 Å². The van der Waals surface area contributed by atoms with Crippen LogP contribution >= 0.6 is 23.2 Å². The fourth-order valence-corrected chi connectivity index (χ4v) is 3.78. The Bertz CT molecular complexity index is 433. The lowest BCUT2D eigenvalue weighted by Crippen LogP contribution is -2.32. The van der Waals surface area contributed by atoms with Gasteiger partial charge in [0.1, 0.15) is 0 Å². The van der Waals surface area contributed by atoms with Crippen LogP contribution in [0.5, 0.6) is 0 Å². The van der Waals surface area contributed by atoms with E-state index in [1.54, 1.807) is 0 Å². The molecule has 1 saturated carbocycles. The van der Waals surface area contributed by atoms with Crippen molar-refractivity contribution in [2.75, 3.05) is 6.54 Å². The Morgan fingerprint density at radius 3 is 2.80 bits per heavy atom. The lowest BCUT2D eigenvalue weighted by atomic mass is 9.76. The summed E-state index contributed by atoms with van der Waals surface area (Å²) in [5.74, 6) is 1.49. The van der Waals surface area contributed by atoms with Crippen LogP contribution in [0.3, 0.4) is 0 Å². The third-order valence-electron chi connectivity index (χ3n) is 4.36. The third-order valence-corrected chi connectivity index (χ3v) is 4.94. The molecule has 20 heavy (non-hydrogen) atoms. The van der Waals surface area contributed by atoms with Gasteiger partial charge in [0.25, 0.3) is 0 Å². The fourth-order valence-electron chi connectivity index (χ4n) is 3.37. The molecule has 0 radical (unpaired) electrons. The number of hydrogen-bond acceptors (Lipinski definition) is 1. The van der Waals surface area contributed by atoms with Crippen LogP contribution in [0.4, 0.5) is 0 Å². The molecule has 0 amide bonds. The first-order valence-electron chi connectivity index (χ1n) is 7.80. The van der Waals surface area contributed by atoms with Gasteiger partial charge in [-0.05, 0) is 61.4 Å². The van der Waals surface area contributed by atoms with E-state index in [4.69, 9.17) is 23.2 Å². The molecule has 0 aliphatic heterocycles. The van der Waals surface area contributed by atoms with Crippen molar-refractivity contribution < 1.29 is 0 Å². The van der Waals surface area contributed by atoms with Crippen LogP contribution in [0.25, 0.3) is 0 Å². The summed E-state index contributed by atoms with van der Waals surface area (Å²) >= 11 is 12.6. The number of hydrogen-bond donors (Lipinski definition) is 1. The normalized spacial score (nSPS) is 24.6. The smallest absolute Gasteiger partial charge is 0.0454 e. The molecule has 1 aliphatic carbocycles. The molecule has 3 heteroatoms. The molecule has 112 valence electrons. The summed E-state index contributed by atoms with van der Waals surface area (Å²) in [6, 6.07) is 6.17. The molecule has 1 aromatic rings. The summed E-state index contributed by atoms with van der Waals surface area (Å²) in [4.78, 5) is 0. The first-order valence-corrected chi connectivity index (χ1v) is 8.55. The number of nitrogens with one attached hydrogen (secondary N) is 1. The van der Waals surface area contributed by atoms with Crippen LogP contribution in [-0.2, 0) is 0 Å². The molecule has 1 nitrogen and oxygen atoms in total. The van der Waals surface area contributed by atoms with Crippen LogP contribution < -0.4 is 5.32 Å². The summed E-state index contributed by atoms with van der Waals surface area (Å²) < 4.78 is 0. The average Bonchev–Trinajstić information content (AvgIpc) is 2.43. The molecule has 0 saturated heterocycles.